The molecule has 0 aliphatic rings. The Kier molecular flexibility index (Phi) is 7.22. The third-order valence-electron chi connectivity index (χ3n) is 3.76. The van der Waals surface area contributed by atoms with Gasteiger partial charge >= 0.3 is 12.1 Å². The molecular formula is C19H18ClF3N4O2. The summed E-state index contributed by atoms with van der Waals surface area (Å²) in [5, 5.41) is 12.4. The molecule has 0 aliphatic carbocycles. The highest BCUT2D eigenvalue weighted by molar-refractivity contribution is 6.33. The Morgan fingerprint density at radius 3 is 2.41 bits per heavy atom. The number of hydrogen-bond acceptors (Lipinski definition) is 4. The molecule has 3 rings (SSSR count). The molecule has 2 heterocycles. The maximum absolute atomic E-state index is 10.6. The Balaban J connectivity index is 0.000000370. The fourth-order valence-electron chi connectivity index (χ4n) is 2.33. The van der Waals surface area contributed by atoms with Crippen molar-refractivity contribution in [3.8, 4) is 5.69 Å². The van der Waals surface area contributed by atoms with Crippen molar-refractivity contribution in [1.29, 1.82) is 0 Å². The van der Waals surface area contributed by atoms with E-state index in [0.717, 1.165) is 22.8 Å². The van der Waals surface area contributed by atoms with Crippen molar-refractivity contribution in [3.63, 3.8) is 0 Å². The molecular weight excluding hydrogens is 409 g/mol. The fraction of sp³-hybridized carbons (Fsp3) is 0.211. The van der Waals surface area contributed by atoms with Crippen molar-refractivity contribution in [2.45, 2.75) is 19.6 Å². The molecule has 0 bridgehead atoms. The third kappa shape index (κ3) is 6.21. The minimum Gasteiger partial charge on any atom is -0.475 e. The molecule has 1 aromatic carbocycles. The van der Waals surface area contributed by atoms with Gasteiger partial charge in [0.25, 0.3) is 0 Å². The molecule has 0 aliphatic heterocycles. The van der Waals surface area contributed by atoms with Crippen LogP contribution in [0.5, 0.6) is 0 Å². The highest BCUT2D eigenvalue weighted by Crippen LogP contribution is 2.27. The molecule has 0 fully saturated rings. The van der Waals surface area contributed by atoms with Crippen molar-refractivity contribution in [1.82, 2.24) is 14.8 Å². The number of aliphatic carboxylic acids is 1. The van der Waals surface area contributed by atoms with E-state index in [1.807, 2.05) is 67.3 Å². The zero-order chi connectivity index (χ0) is 21.6. The number of pyridine rings is 1. The lowest BCUT2D eigenvalue weighted by molar-refractivity contribution is -0.192. The number of aryl methyl sites for hydroxylation is 1. The van der Waals surface area contributed by atoms with Gasteiger partial charge in [0.2, 0.25) is 0 Å². The molecule has 0 unspecified atom stereocenters. The number of anilines is 1. The van der Waals surface area contributed by atoms with Crippen molar-refractivity contribution < 1.29 is 23.1 Å². The van der Waals surface area contributed by atoms with Crippen molar-refractivity contribution in [2.75, 3.05) is 11.9 Å². The number of carboxylic acid groups (broad SMARTS) is 1. The third-order valence-corrected chi connectivity index (χ3v) is 4.23. The molecule has 0 saturated heterocycles. The Labute approximate surface area is 170 Å². The number of rotatable bonds is 4. The first-order valence-electron chi connectivity index (χ1n) is 8.32. The minimum atomic E-state index is -5.08. The summed E-state index contributed by atoms with van der Waals surface area (Å²) in [4.78, 5) is 15.2. The second kappa shape index (κ2) is 9.42. The molecule has 29 heavy (non-hydrogen) atoms. The molecule has 3 aromatic rings. The minimum absolute atomic E-state index is 0.684. The molecule has 0 radical (unpaired) electrons. The topological polar surface area (TPSA) is 71.2 Å². The lowest BCUT2D eigenvalue weighted by Gasteiger charge is -2.19. The molecule has 154 valence electrons. The Morgan fingerprint density at radius 2 is 1.83 bits per heavy atom. The van der Waals surface area contributed by atoms with Crippen LogP contribution in [-0.2, 0) is 11.3 Å². The van der Waals surface area contributed by atoms with Gasteiger partial charge in [-0.3, -0.25) is 4.98 Å². The van der Waals surface area contributed by atoms with Crippen LogP contribution in [0.1, 0.15) is 11.4 Å². The number of carbonyl (C=O) groups is 1. The fourth-order valence-corrected chi connectivity index (χ4v) is 2.58. The van der Waals surface area contributed by atoms with Crippen LogP contribution in [-0.4, -0.2) is 39.1 Å². The number of nitrogens with zero attached hydrogens (tertiary/aromatic N) is 4. The molecule has 10 heteroatoms. The number of para-hydroxylation sites is 1. The first-order valence-corrected chi connectivity index (χ1v) is 8.69. The Hall–Kier alpha value is -3.07. The number of carboxylic acids is 1. The summed E-state index contributed by atoms with van der Waals surface area (Å²) >= 11 is 6.33. The summed E-state index contributed by atoms with van der Waals surface area (Å²) in [6.45, 7) is 2.59. The number of aromatic nitrogens is 3. The highest BCUT2D eigenvalue weighted by atomic mass is 35.5. The second-order valence-electron chi connectivity index (χ2n) is 5.98. The summed E-state index contributed by atoms with van der Waals surface area (Å²) in [5.74, 6) is -2.76. The van der Waals surface area contributed by atoms with Crippen LogP contribution in [0.25, 0.3) is 5.69 Å². The van der Waals surface area contributed by atoms with E-state index in [2.05, 4.69) is 15.0 Å². The monoisotopic (exact) mass is 426 g/mol. The van der Waals surface area contributed by atoms with Gasteiger partial charge in [-0.05, 0) is 31.2 Å². The van der Waals surface area contributed by atoms with Crippen LogP contribution in [0.4, 0.5) is 18.9 Å². The van der Waals surface area contributed by atoms with Crippen molar-refractivity contribution in [2.24, 2.45) is 0 Å². The molecule has 0 saturated carbocycles. The zero-order valence-corrected chi connectivity index (χ0v) is 16.3. The summed E-state index contributed by atoms with van der Waals surface area (Å²) in [6.07, 6.45) is -1.34. The first-order chi connectivity index (χ1) is 13.6. The molecule has 2 aromatic heterocycles. The SMILES string of the molecule is Cc1nccc(N(C)Cc2ccn(-c3ccccc3)n2)c1Cl.O=C(O)C(F)(F)F. The van der Waals surface area contributed by atoms with Gasteiger partial charge in [0, 0.05) is 19.4 Å². The molecule has 6 nitrogen and oxygen atoms in total. The molecule has 0 atom stereocenters. The van der Waals surface area contributed by atoms with Gasteiger partial charge in [-0.25, -0.2) is 9.48 Å². The van der Waals surface area contributed by atoms with Crippen LogP contribution in [0.2, 0.25) is 5.02 Å². The quantitative estimate of drug-likeness (QED) is 0.665. The maximum atomic E-state index is 10.6. The van der Waals surface area contributed by atoms with E-state index in [1.54, 1.807) is 6.20 Å². The zero-order valence-electron chi connectivity index (χ0n) is 15.6. The van der Waals surface area contributed by atoms with E-state index < -0.39 is 12.1 Å². The van der Waals surface area contributed by atoms with E-state index in [-0.39, 0.29) is 0 Å². The largest absolute Gasteiger partial charge is 0.490 e. The first kappa shape index (κ1) is 22.2. The van der Waals surface area contributed by atoms with E-state index in [0.29, 0.717) is 11.6 Å². The average molecular weight is 427 g/mol. The predicted molar refractivity (Wildman–Crippen MR) is 103 cm³/mol. The summed E-state index contributed by atoms with van der Waals surface area (Å²) < 4.78 is 33.6. The van der Waals surface area contributed by atoms with Crippen LogP contribution in [0.15, 0.2) is 54.9 Å². The number of halogens is 4. The predicted octanol–water partition coefficient (Wildman–Crippen LogP) is 4.50. The number of benzene rings is 1. The van der Waals surface area contributed by atoms with Gasteiger partial charge in [0.05, 0.1) is 34.3 Å². The number of hydrogen-bond donors (Lipinski definition) is 1. The average Bonchev–Trinajstić information content (AvgIpc) is 3.13. The Bertz CT molecular complexity index is 962. The van der Waals surface area contributed by atoms with Gasteiger partial charge < -0.3 is 10.0 Å². The Morgan fingerprint density at radius 1 is 1.21 bits per heavy atom. The van der Waals surface area contributed by atoms with E-state index >= 15 is 0 Å². The van der Waals surface area contributed by atoms with Crippen LogP contribution in [0, 0.1) is 6.92 Å². The van der Waals surface area contributed by atoms with E-state index in [1.165, 1.54) is 0 Å². The lowest BCUT2D eigenvalue weighted by Crippen LogP contribution is -2.21. The highest BCUT2D eigenvalue weighted by Gasteiger charge is 2.38. The van der Waals surface area contributed by atoms with Crippen molar-refractivity contribution in [3.05, 3.63) is 71.3 Å². The van der Waals surface area contributed by atoms with Gasteiger partial charge in [-0.15, -0.1) is 0 Å². The van der Waals surface area contributed by atoms with Gasteiger partial charge in [-0.2, -0.15) is 18.3 Å². The normalized spacial score (nSPS) is 10.8. The summed E-state index contributed by atoms with van der Waals surface area (Å²) in [7, 11) is 2.00. The smallest absolute Gasteiger partial charge is 0.475 e. The van der Waals surface area contributed by atoms with Gasteiger partial charge in [0.1, 0.15) is 0 Å². The molecule has 0 amide bonds. The van der Waals surface area contributed by atoms with Gasteiger partial charge in [-0.1, -0.05) is 29.8 Å². The number of alkyl halides is 3. The lowest BCUT2D eigenvalue weighted by atomic mass is 10.3. The van der Waals surface area contributed by atoms with E-state index in [4.69, 9.17) is 21.5 Å². The van der Waals surface area contributed by atoms with Crippen LogP contribution in [0.3, 0.4) is 0 Å². The summed E-state index contributed by atoms with van der Waals surface area (Å²) in [5.41, 5.74) is 3.83. The van der Waals surface area contributed by atoms with Crippen LogP contribution >= 0.6 is 11.6 Å². The van der Waals surface area contributed by atoms with Crippen molar-refractivity contribution >= 4 is 23.3 Å². The standard InChI is InChI=1S/C17H17ClN4.C2HF3O2/c1-13-17(18)16(8-10-19-13)21(2)12-14-9-11-22(20-14)15-6-4-3-5-7-15;3-2(4,5)1(6)7/h3-11H,12H2,1-2H3;(H,6,7). The summed E-state index contributed by atoms with van der Waals surface area (Å²) in [6, 6.07) is 14.0. The second-order valence-corrected chi connectivity index (χ2v) is 6.35. The molecule has 1 N–H and O–H groups in total. The van der Waals surface area contributed by atoms with E-state index in [9.17, 15) is 13.2 Å². The maximum Gasteiger partial charge on any atom is 0.490 e. The molecule has 0 spiro atoms. The van der Waals surface area contributed by atoms with Crippen LogP contribution < -0.4 is 4.90 Å². The van der Waals surface area contributed by atoms with Gasteiger partial charge in [0.15, 0.2) is 0 Å².